The van der Waals surface area contributed by atoms with Gasteiger partial charge in [-0.05, 0) is 26.4 Å². The third-order valence-corrected chi connectivity index (χ3v) is 3.38. The number of nitrogens with one attached hydrogen (secondary N) is 1. The van der Waals surface area contributed by atoms with Gasteiger partial charge in [-0.25, -0.2) is 0 Å². The van der Waals surface area contributed by atoms with Crippen molar-refractivity contribution in [3.8, 4) is 0 Å². The lowest BCUT2D eigenvalue weighted by molar-refractivity contribution is -0.121. The molecule has 0 aliphatic rings. The molecule has 4 heteroatoms. The van der Waals surface area contributed by atoms with E-state index < -0.39 is 0 Å². The third kappa shape index (κ3) is 7.36. The molecule has 0 aliphatic carbocycles. The van der Waals surface area contributed by atoms with Gasteiger partial charge in [0.15, 0.2) is 5.78 Å². The number of carbonyl (C=O) groups excluding carboxylic acids is 2. The van der Waals surface area contributed by atoms with Crippen molar-refractivity contribution in [1.29, 1.82) is 0 Å². The number of rotatable bonds is 9. The van der Waals surface area contributed by atoms with Crippen LogP contribution in [0.5, 0.6) is 0 Å². The number of hydrogen-bond donors (Lipinski definition) is 1. The number of benzene rings is 1. The maximum absolute atomic E-state index is 12.1. The highest BCUT2D eigenvalue weighted by atomic mass is 16.2. The third-order valence-electron chi connectivity index (χ3n) is 3.38. The van der Waals surface area contributed by atoms with E-state index in [0.717, 1.165) is 13.0 Å². The monoisotopic (exact) mass is 304 g/mol. The van der Waals surface area contributed by atoms with Gasteiger partial charge in [-0.1, -0.05) is 44.2 Å². The Morgan fingerprint density at radius 1 is 1.09 bits per heavy atom. The van der Waals surface area contributed by atoms with Crippen LogP contribution >= 0.6 is 0 Å². The number of hydrogen-bond acceptors (Lipinski definition) is 3. The first kappa shape index (κ1) is 18.4. The van der Waals surface area contributed by atoms with Gasteiger partial charge < -0.3 is 10.2 Å². The van der Waals surface area contributed by atoms with Gasteiger partial charge in [0, 0.05) is 31.0 Å². The zero-order valence-corrected chi connectivity index (χ0v) is 14.1. The largest absolute Gasteiger partial charge is 0.352 e. The molecule has 0 aliphatic heterocycles. The second kappa shape index (κ2) is 9.36. The highest BCUT2D eigenvalue weighted by molar-refractivity contribution is 5.97. The van der Waals surface area contributed by atoms with Crippen LogP contribution in [0.25, 0.3) is 0 Å². The van der Waals surface area contributed by atoms with E-state index in [0.29, 0.717) is 11.5 Å². The van der Waals surface area contributed by atoms with E-state index in [4.69, 9.17) is 0 Å². The van der Waals surface area contributed by atoms with Gasteiger partial charge in [-0.2, -0.15) is 0 Å². The summed E-state index contributed by atoms with van der Waals surface area (Å²) < 4.78 is 0. The SMILES string of the molecule is CC(C)CC(CN(C)C)NC(=O)CCC(=O)c1ccccc1. The van der Waals surface area contributed by atoms with Crippen molar-refractivity contribution in [2.24, 2.45) is 5.92 Å². The predicted octanol–water partition coefficient (Wildman–Crippen LogP) is 2.74. The fourth-order valence-electron chi connectivity index (χ4n) is 2.48. The lowest BCUT2D eigenvalue weighted by atomic mass is 10.0. The quantitative estimate of drug-likeness (QED) is 0.714. The Labute approximate surface area is 133 Å². The maximum atomic E-state index is 12.1. The predicted molar refractivity (Wildman–Crippen MR) is 89.9 cm³/mol. The summed E-state index contributed by atoms with van der Waals surface area (Å²) in [6.45, 7) is 5.11. The molecule has 1 atom stereocenters. The second-order valence-corrected chi connectivity index (χ2v) is 6.45. The minimum atomic E-state index is -0.0446. The fourth-order valence-corrected chi connectivity index (χ4v) is 2.48. The number of carbonyl (C=O) groups is 2. The van der Waals surface area contributed by atoms with Gasteiger partial charge in [-0.15, -0.1) is 0 Å². The summed E-state index contributed by atoms with van der Waals surface area (Å²) in [6.07, 6.45) is 1.44. The van der Waals surface area contributed by atoms with E-state index in [2.05, 4.69) is 24.1 Å². The van der Waals surface area contributed by atoms with Crippen molar-refractivity contribution in [1.82, 2.24) is 10.2 Å². The van der Waals surface area contributed by atoms with Crippen LogP contribution in [0.2, 0.25) is 0 Å². The van der Waals surface area contributed by atoms with Crippen LogP contribution in [0, 0.1) is 5.92 Å². The molecule has 1 aromatic rings. The number of nitrogens with zero attached hydrogens (tertiary/aromatic N) is 1. The molecular weight excluding hydrogens is 276 g/mol. The van der Waals surface area contributed by atoms with E-state index in [9.17, 15) is 9.59 Å². The van der Waals surface area contributed by atoms with Crippen LogP contribution < -0.4 is 5.32 Å². The summed E-state index contributed by atoms with van der Waals surface area (Å²) in [5, 5.41) is 3.05. The lowest BCUT2D eigenvalue weighted by Gasteiger charge is -2.24. The summed E-state index contributed by atoms with van der Waals surface area (Å²) in [5.74, 6) is 0.497. The fraction of sp³-hybridized carbons (Fsp3) is 0.556. The molecule has 0 fully saturated rings. The number of ketones is 1. The summed E-state index contributed by atoms with van der Waals surface area (Å²) in [6, 6.07) is 9.25. The van der Waals surface area contributed by atoms with E-state index in [1.54, 1.807) is 12.1 Å². The summed E-state index contributed by atoms with van der Waals surface area (Å²) in [4.78, 5) is 26.1. The molecule has 1 N–H and O–H groups in total. The first-order chi connectivity index (χ1) is 10.4. The minimum Gasteiger partial charge on any atom is -0.352 e. The van der Waals surface area contributed by atoms with Gasteiger partial charge in [0.25, 0.3) is 0 Å². The van der Waals surface area contributed by atoms with Crippen molar-refractivity contribution in [3.63, 3.8) is 0 Å². The molecule has 1 unspecified atom stereocenters. The molecule has 0 aromatic heterocycles. The highest BCUT2D eigenvalue weighted by Gasteiger charge is 2.16. The Morgan fingerprint density at radius 2 is 1.73 bits per heavy atom. The molecule has 0 spiro atoms. The molecule has 0 saturated heterocycles. The van der Waals surface area contributed by atoms with Gasteiger partial charge in [0.1, 0.15) is 0 Å². The normalized spacial score (nSPS) is 12.5. The Bertz CT molecular complexity index is 459. The number of likely N-dealkylation sites (N-methyl/N-ethyl adjacent to an activating group) is 1. The van der Waals surface area contributed by atoms with Crippen LogP contribution in [-0.2, 0) is 4.79 Å². The van der Waals surface area contributed by atoms with Crippen molar-refractivity contribution >= 4 is 11.7 Å². The van der Waals surface area contributed by atoms with Crippen LogP contribution in [0.15, 0.2) is 30.3 Å². The van der Waals surface area contributed by atoms with Crippen LogP contribution in [-0.4, -0.2) is 43.3 Å². The number of Topliss-reactive ketones (excluding diaryl/α,β-unsaturated/α-hetero) is 1. The van der Waals surface area contributed by atoms with E-state index >= 15 is 0 Å². The minimum absolute atomic E-state index is 0.0174. The van der Waals surface area contributed by atoms with Gasteiger partial charge in [-0.3, -0.25) is 9.59 Å². The zero-order chi connectivity index (χ0) is 16.5. The lowest BCUT2D eigenvalue weighted by Crippen LogP contribution is -2.42. The van der Waals surface area contributed by atoms with Crippen LogP contribution in [0.3, 0.4) is 0 Å². The van der Waals surface area contributed by atoms with E-state index in [-0.39, 0.29) is 30.6 Å². The smallest absolute Gasteiger partial charge is 0.220 e. The Balaban J connectivity index is 2.44. The van der Waals surface area contributed by atoms with E-state index in [1.165, 1.54) is 0 Å². The van der Waals surface area contributed by atoms with Crippen LogP contribution in [0.1, 0.15) is 43.5 Å². The molecule has 1 rings (SSSR count). The molecular formula is C18H28N2O2. The summed E-state index contributed by atoms with van der Waals surface area (Å²) >= 11 is 0. The van der Waals surface area contributed by atoms with Gasteiger partial charge in [0.05, 0.1) is 0 Å². The first-order valence-electron chi connectivity index (χ1n) is 7.90. The van der Waals surface area contributed by atoms with Crippen molar-refractivity contribution in [3.05, 3.63) is 35.9 Å². The summed E-state index contributed by atoms with van der Waals surface area (Å²) in [7, 11) is 4.00. The molecule has 0 radical (unpaired) electrons. The standard InChI is InChI=1S/C18H28N2O2/c1-14(2)12-16(13-20(3)4)19-18(22)11-10-17(21)15-8-6-5-7-9-15/h5-9,14,16H,10-13H2,1-4H3,(H,19,22). The first-order valence-corrected chi connectivity index (χ1v) is 7.90. The molecule has 0 saturated carbocycles. The maximum Gasteiger partial charge on any atom is 0.220 e. The summed E-state index contributed by atoms with van der Waals surface area (Å²) in [5.41, 5.74) is 0.669. The molecule has 0 heterocycles. The average Bonchev–Trinajstić information content (AvgIpc) is 2.44. The second-order valence-electron chi connectivity index (χ2n) is 6.45. The topological polar surface area (TPSA) is 49.4 Å². The van der Waals surface area contributed by atoms with Gasteiger partial charge >= 0.3 is 0 Å². The van der Waals surface area contributed by atoms with Crippen molar-refractivity contribution in [2.75, 3.05) is 20.6 Å². The average molecular weight is 304 g/mol. The van der Waals surface area contributed by atoms with Crippen molar-refractivity contribution in [2.45, 2.75) is 39.2 Å². The Hall–Kier alpha value is -1.68. The molecule has 4 nitrogen and oxygen atoms in total. The van der Waals surface area contributed by atoms with E-state index in [1.807, 2.05) is 32.3 Å². The molecule has 1 amide bonds. The van der Waals surface area contributed by atoms with Crippen molar-refractivity contribution < 1.29 is 9.59 Å². The Kier molecular flexibility index (Phi) is 7.82. The Morgan fingerprint density at radius 3 is 2.27 bits per heavy atom. The molecule has 22 heavy (non-hydrogen) atoms. The number of amides is 1. The van der Waals surface area contributed by atoms with Crippen LogP contribution in [0.4, 0.5) is 0 Å². The highest BCUT2D eigenvalue weighted by Crippen LogP contribution is 2.08. The zero-order valence-electron chi connectivity index (χ0n) is 14.1. The molecule has 0 bridgehead atoms. The van der Waals surface area contributed by atoms with Gasteiger partial charge in [0.2, 0.25) is 5.91 Å². The molecule has 122 valence electrons. The molecule has 1 aromatic carbocycles.